The van der Waals surface area contributed by atoms with Gasteiger partial charge in [-0.3, -0.25) is 9.59 Å². The fourth-order valence-corrected chi connectivity index (χ4v) is 2.93. The maximum Gasteiger partial charge on any atom is 0.338 e. The molecule has 0 heterocycles. The first-order chi connectivity index (χ1) is 13.3. The molecule has 6 heteroatoms. The molecule has 0 aliphatic heterocycles. The average Bonchev–Trinajstić information content (AvgIpc) is 2.66. The standard InChI is InChI=1S/C22H26N2O4/c1-5-24(6-2)21(26)17-8-7-9-19(13-17)23-20(25)14-28-22(27)18-11-15(3)10-16(4)12-18/h7-13H,5-6,14H2,1-4H3,(H,23,25). The summed E-state index contributed by atoms with van der Waals surface area (Å²) < 4.78 is 5.10. The van der Waals surface area contributed by atoms with Crippen LogP contribution in [-0.4, -0.2) is 42.4 Å². The molecular formula is C22H26N2O4. The smallest absolute Gasteiger partial charge is 0.338 e. The molecular weight excluding hydrogens is 356 g/mol. The summed E-state index contributed by atoms with van der Waals surface area (Å²) in [7, 11) is 0. The van der Waals surface area contributed by atoms with Crippen LogP contribution in [0.25, 0.3) is 0 Å². The maximum atomic E-state index is 12.4. The van der Waals surface area contributed by atoms with Crippen molar-refractivity contribution in [1.82, 2.24) is 4.90 Å². The van der Waals surface area contributed by atoms with E-state index in [9.17, 15) is 14.4 Å². The van der Waals surface area contributed by atoms with E-state index in [1.807, 2.05) is 33.8 Å². The van der Waals surface area contributed by atoms with E-state index in [1.54, 1.807) is 41.3 Å². The fraction of sp³-hybridized carbons (Fsp3) is 0.318. The number of amides is 2. The van der Waals surface area contributed by atoms with Gasteiger partial charge in [-0.05, 0) is 58.0 Å². The van der Waals surface area contributed by atoms with Crippen molar-refractivity contribution < 1.29 is 19.1 Å². The van der Waals surface area contributed by atoms with Crippen LogP contribution >= 0.6 is 0 Å². The number of rotatable bonds is 7. The minimum Gasteiger partial charge on any atom is -0.452 e. The normalized spacial score (nSPS) is 10.3. The van der Waals surface area contributed by atoms with E-state index in [2.05, 4.69) is 5.32 Å². The first-order valence-corrected chi connectivity index (χ1v) is 9.28. The highest BCUT2D eigenvalue weighted by molar-refractivity contribution is 5.98. The van der Waals surface area contributed by atoms with Crippen LogP contribution in [0.1, 0.15) is 45.7 Å². The predicted molar refractivity (Wildman–Crippen MR) is 109 cm³/mol. The number of carbonyl (C=O) groups is 3. The summed E-state index contributed by atoms with van der Waals surface area (Å²) in [6.45, 7) is 8.43. The van der Waals surface area contributed by atoms with Gasteiger partial charge in [0.1, 0.15) is 0 Å². The summed E-state index contributed by atoms with van der Waals surface area (Å²) in [6.07, 6.45) is 0. The van der Waals surface area contributed by atoms with Gasteiger partial charge in [-0.1, -0.05) is 23.3 Å². The highest BCUT2D eigenvalue weighted by Gasteiger charge is 2.14. The van der Waals surface area contributed by atoms with E-state index >= 15 is 0 Å². The van der Waals surface area contributed by atoms with Crippen molar-refractivity contribution in [1.29, 1.82) is 0 Å². The third kappa shape index (κ3) is 5.67. The van der Waals surface area contributed by atoms with Gasteiger partial charge in [0.2, 0.25) is 0 Å². The minimum atomic E-state index is -0.549. The molecule has 0 unspecified atom stereocenters. The van der Waals surface area contributed by atoms with Crippen LogP contribution in [0.4, 0.5) is 5.69 Å². The second kappa shape index (κ2) is 9.69. The number of carbonyl (C=O) groups excluding carboxylic acids is 3. The second-order valence-electron chi connectivity index (χ2n) is 6.56. The van der Waals surface area contributed by atoms with Crippen molar-refractivity contribution >= 4 is 23.5 Å². The van der Waals surface area contributed by atoms with Crippen molar-refractivity contribution in [2.45, 2.75) is 27.7 Å². The Morgan fingerprint density at radius 2 is 1.57 bits per heavy atom. The third-order valence-electron chi connectivity index (χ3n) is 4.24. The predicted octanol–water partition coefficient (Wildman–Crippen LogP) is 3.58. The number of benzene rings is 2. The molecule has 0 aliphatic rings. The first kappa shape index (κ1) is 21.2. The first-order valence-electron chi connectivity index (χ1n) is 9.28. The van der Waals surface area contributed by atoms with Gasteiger partial charge in [0.05, 0.1) is 5.56 Å². The summed E-state index contributed by atoms with van der Waals surface area (Å²) >= 11 is 0. The van der Waals surface area contributed by atoms with E-state index in [0.717, 1.165) is 11.1 Å². The molecule has 0 fully saturated rings. The molecule has 2 aromatic carbocycles. The topological polar surface area (TPSA) is 75.7 Å². The Morgan fingerprint density at radius 3 is 2.18 bits per heavy atom. The van der Waals surface area contributed by atoms with Crippen LogP contribution in [0.2, 0.25) is 0 Å². The molecule has 0 aromatic heterocycles. The molecule has 0 aliphatic carbocycles. The Hall–Kier alpha value is -3.15. The van der Waals surface area contributed by atoms with Crippen LogP contribution in [-0.2, 0) is 9.53 Å². The van der Waals surface area contributed by atoms with Crippen molar-refractivity contribution in [3.05, 3.63) is 64.7 Å². The molecule has 0 bridgehead atoms. The zero-order valence-corrected chi connectivity index (χ0v) is 16.7. The fourth-order valence-electron chi connectivity index (χ4n) is 2.93. The largest absolute Gasteiger partial charge is 0.452 e. The van der Waals surface area contributed by atoms with Crippen molar-refractivity contribution in [2.75, 3.05) is 25.0 Å². The molecule has 0 atom stereocenters. The molecule has 1 N–H and O–H groups in total. The highest BCUT2D eigenvalue weighted by atomic mass is 16.5. The van der Waals surface area contributed by atoms with Crippen LogP contribution in [0.5, 0.6) is 0 Å². The van der Waals surface area contributed by atoms with E-state index in [0.29, 0.717) is 29.9 Å². The van der Waals surface area contributed by atoms with Crippen LogP contribution in [0.15, 0.2) is 42.5 Å². The molecule has 0 saturated carbocycles. The summed E-state index contributed by atoms with van der Waals surface area (Å²) in [6, 6.07) is 12.1. The Morgan fingerprint density at radius 1 is 0.929 bits per heavy atom. The number of nitrogens with zero attached hydrogens (tertiary/aromatic N) is 1. The Bertz CT molecular complexity index is 852. The molecule has 28 heavy (non-hydrogen) atoms. The molecule has 148 valence electrons. The van der Waals surface area contributed by atoms with E-state index in [4.69, 9.17) is 4.74 Å². The van der Waals surface area contributed by atoms with Gasteiger partial charge >= 0.3 is 5.97 Å². The van der Waals surface area contributed by atoms with Crippen LogP contribution in [0.3, 0.4) is 0 Å². The Balaban J connectivity index is 1.97. The maximum absolute atomic E-state index is 12.4. The number of aryl methyl sites for hydroxylation is 2. The summed E-state index contributed by atoms with van der Waals surface area (Å²) in [5.41, 5.74) is 3.29. The van der Waals surface area contributed by atoms with Crippen molar-refractivity contribution in [3.8, 4) is 0 Å². The summed E-state index contributed by atoms with van der Waals surface area (Å²) in [5, 5.41) is 2.65. The zero-order valence-electron chi connectivity index (χ0n) is 16.7. The lowest BCUT2D eigenvalue weighted by Crippen LogP contribution is -2.30. The number of nitrogens with one attached hydrogen (secondary N) is 1. The Labute approximate surface area is 165 Å². The monoisotopic (exact) mass is 382 g/mol. The molecule has 0 saturated heterocycles. The van der Waals surface area contributed by atoms with Gasteiger partial charge in [-0.15, -0.1) is 0 Å². The highest BCUT2D eigenvalue weighted by Crippen LogP contribution is 2.14. The molecule has 0 radical (unpaired) electrons. The van der Waals surface area contributed by atoms with Gasteiger partial charge in [0, 0.05) is 24.3 Å². The van der Waals surface area contributed by atoms with E-state index in [-0.39, 0.29) is 5.91 Å². The summed E-state index contributed by atoms with van der Waals surface area (Å²) in [5.74, 6) is -1.11. The molecule has 2 rings (SSSR count). The lowest BCUT2D eigenvalue weighted by atomic mass is 10.1. The van der Waals surface area contributed by atoms with Crippen LogP contribution in [0, 0.1) is 13.8 Å². The van der Waals surface area contributed by atoms with Gasteiger partial charge in [0.15, 0.2) is 6.61 Å². The number of ether oxygens (including phenoxy) is 1. The van der Waals surface area contributed by atoms with Gasteiger partial charge in [-0.25, -0.2) is 4.79 Å². The second-order valence-corrected chi connectivity index (χ2v) is 6.56. The minimum absolute atomic E-state index is 0.0951. The lowest BCUT2D eigenvalue weighted by Gasteiger charge is -2.19. The van der Waals surface area contributed by atoms with Gasteiger partial charge in [0.25, 0.3) is 11.8 Å². The molecule has 2 aromatic rings. The summed E-state index contributed by atoms with van der Waals surface area (Å²) in [4.78, 5) is 38.4. The third-order valence-corrected chi connectivity index (χ3v) is 4.24. The number of anilines is 1. The molecule has 6 nitrogen and oxygen atoms in total. The lowest BCUT2D eigenvalue weighted by molar-refractivity contribution is -0.119. The van der Waals surface area contributed by atoms with E-state index < -0.39 is 18.5 Å². The van der Waals surface area contributed by atoms with Crippen molar-refractivity contribution in [2.24, 2.45) is 0 Å². The van der Waals surface area contributed by atoms with Crippen LogP contribution < -0.4 is 5.32 Å². The number of hydrogen-bond donors (Lipinski definition) is 1. The Kier molecular flexibility index (Phi) is 7.32. The number of esters is 1. The molecule has 0 spiro atoms. The zero-order chi connectivity index (χ0) is 20.7. The van der Waals surface area contributed by atoms with E-state index in [1.165, 1.54) is 0 Å². The van der Waals surface area contributed by atoms with Gasteiger partial charge in [-0.2, -0.15) is 0 Å². The number of hydrogen-bond acceptors (Lipinski definition) is 4. The van der Waals surface area contributed by atoms with Crippen molar-refractivity contribution in [3.63, 3.8) is 0 Å². The molecule has 2 amide bonds. The van der Waals surface area contributed by atoms with Gasteiger partial charge < -0.3 is 15.0 Å². The quantitative estimate of drug-likeness (QED) is 0.743. The SMILES string of the molecule is CCN(CC)C(=O)c1cccc(NC(=O)COC(=O)c2cc(C)cc(C)c2)c1. The average molecular weight is 382 g/mol.